The van der Waals surface area contributed by atoms with Gasteiger partial charge in [-0.1, -0.05) is 61.8 Å². The van der Waals surface area contributed by atoms with Crippen molar-refractivity contribution in [2.45, 2.75) is 89.7 Å². The molecule has 0 bridgehead atoms. The lowest BCUT2D eigenvalue weighted by Gasteiger charge is -2.25. The second-order valence-electron chi connectivity index (χ2n) is 12.7. The van der Waals surface area contributed by atoms with Crippen LogP contribution >= 0.6 is 11.6 Å². The van der Waals surface area contributed by atoms with E-state index in [9.17, 15) is 39.1 Å². The summed E-state index contributed by atoms with van der Waals surface area (Å²) in [7, 11) is -1.69. The van der Waals surface area contributed by atoms with Crippen molar-refractivity contribution in [3.05, 3.63) is 59.1 Å². The third kappa shape index (κ3) is 13.8. The Kier molecular flexibility index (Phi) is 17.8. The van der Waals surface area contributed by atoms with Crippen molar-refractivity contribution in [3.8, 4) is 11.1 Å². The lowest BCUT2D eigenvalue weighted by Crippen LogP contribution is -2.51. The molecule has 9 N–H and O–H groups in total. The fourth-order valence-electron chi connectivity index (χ4n) is 5.31. The molecule has 0 fully saturated rings. The van der Waals surface area contributed by atoms with Crippen molar-refractivity contribution < 1.29 is 39.1 Å². The van der Waals surface area contributed by atoms with Gasteiger partial charge in [-0.05, 0) is 74.8 Å². The number of Topliss-reactive ketones (excluding diaryl/α,β-unsaturated/α-hetero) is 3. The Balaban J connectivity index is 2.06. The van der Waals surface area contributed by atoms with Gasteiger partial charge in [-0.15, -0.1) is 0 Å². The molecule has 2 amide bonds. The maximum atomic E-state index is 13.3. The molecule has 268 valence electrons. The first-order valence-corrected chi connectivity index (χ1v) is 17.1. The number of hydrogen-bond acceptors (Lipinski definition) is 10. The largest absolute Gasteiger partial charge is 0.454 e. The molecule has 0 heterocycles. The van der Waals surface area contributed by atoms with Gasteiger partial charge >= 0.3 is 7.12 Å². The molecule has 0 aliphatic carbocycles. The number of carbonyl (C=O) groups is 5. The number of hydrogen-bond donors (Lipinski definition) is 7. The van der Waals surface area contributed by atoms with E-state index in [0.717, 1.165) is 11.1 Å². The van der Waals surface area contributed by atoms with Gasteiger partial charge in [0.25, 0.3) is 0 Å². The molecule has 49 heavy (non-hydrogen) atoms. The highest BCUT2D eigenvalue weighted by molar-refractivity contribution is 6.43. The zero-order chi connectivity index (χ0) is 36.7. The van der Waals surface area contributed by atoms with Crippen molar-refractivity contribution in [2.75, 3.05) is 13.1 Å². The zero-order valence-corrected chi connectivity index (χ0v) is 29.2. The summed E-state index contributed by atoms with van der Waals surface area (Å²) in [6, 6.07) is 11.9. The Morgan fingerprint density at radius 2 is 1.35 bits per heavy atom. The molecule has 0 aliphatic rings. The maximum absolute atomic E-state index is 13.3. The first-order chi connectivity index (χ1) is 23.2. The van der Waals surface area contributed by atoms with E-state index >= 15 is 0 Å². The van der Waals surface area contributed by atoms with E-state index in [-0.39, 0.29) is 50.2 Å². The van der Waals surface area contributed by atoms with Crippen LogP contribution in [0.5, 0.6) is 0 Å². The number of nitrogens with two attached hydrogens (primary N) is 2. The van der Waals surface area contributed by atoms with E-state index in [4.69, 9.17) is 23.1 Å². The van der Waals surface area contributed by atoms with Crippen LogP contribution in [0, 0.1) is 11.8 Å². The number of unbranched alkanes of at least 4 members (excludes halogenated alkanes) is 1. The minimum atomic E-state index is -1.69. The number of ketones is 3. The number of carbonyl (C=O) groups excluding carboxylic acids is 5. The third-order valence-electron chi connectivity index (χ3n) is 8.47. The van der Waals surface area contributed by atoms with Crippen LogP contribution in [0.15, 0.2) is 48.5 Å². The van der Waals surface area contributed by atoms with Crippen LogP contribution in [-0.4, -0.2) is 82.7 Å². The summed E-state index contributed by atoms with van der Waals surface area (Å²) >= 11 is 5.97. The predicted octanol–water partition coefficient (Wildman–Crippen LogP) is 2.44. The molecule has 0 saturated carbocycles. The van der Waals surface area contributed by atoms with E-state index in [1.54, 1.807) is 36.4 Å². The van der Waals surface area contributed by atoms with Gasteiger partial charge in [0.1, 0.15) is 6.04 Å². The van der Waals surface area contributed by atoms with Gasteiger partial charge in [-0.25, -0.2) is 0 Å². The number of aliphatic hydroxyl groups is 1. The Labute approximate surface area is 293 Å². The Hall–Kier alpha value is -3.46. The number of rotatable bonds is 22. The lowest BCUT2D eigenvalue weighted by atomic mass is 9.71. The summed E-state index contributed by atoms with van der Waals surface area (Å²) in [4.78, 5) is 65.7. The van der Waals surface area contributed by atoms with Gasteiger partial charge in [0, 0.05) is 41.7 Å². The van der Waals surface area contributed by atoms with Crippen molar-refractivity contribution in [3.63, 3.8) is 0 Å². The number of halogens is 1. The molecule has 2 aromatic carbocycles. The minimum Gasteiger partial charge on any atom is -0.427 e. The second kappa shape index (κ2) is 20.9. The molecule has 12 nitrogen and oxygen atoms in total. The topological polar surface area (TPSA) is 222 Å². The molecule has 2 aromatic rings. The van der Waals surface area contributed by atoms with Gasteiger partial charge in [0.2, 0.25) is 11.8 Å². The molecule has 0 saturated heterocycles. The van der Waals surface area contributed by atoms with Crippen LogP contribution in [0.2, 0.25) is 10.8 Å². The molecule has 2 rings (SSSR count). The zero-order valence-electron chi connectivity index (χ0n) is 28.4. The van der Waals surface area contributed by atoms with E-state index in [2.05, 4.69) is 10.6 Å². The van der Waals surface area contributed by atoms with Crippen LogP contribution in [0.1, 0.15) is 76.1 Å². The van der Waals surface area contributed by atoms with Crippen molar-refractivity contribution in [1.82, 2.24) is 10.6 Å². The summed E-state index contributed by atoms with van der Waals surface area (Å²) in [5, 5.41) is 35.0. The SMILES string of the molecule is C[C@H](CC(=O)[C@H](CCCCN)NC(=O)[C@H](C)CC(=O)[C@@H](NC(=O)[C@H](CCN)CC(=O)c1ccc(-c2ccc(Cl)cc2)cc1)[C@@H](C)O)B(O)O. The summed E-state index contributed by atoms with van der Waals surface area (Å²) in [5.41, 5.74) is 13.5. The molecule has 0 aromatic heterocycles. The normalized spacial score (nSPS) is 14.9. The number of amides is 2. The minimum absolute atomic E-state index is 0.104. The molecular formula is C35H50BClN4O8. The average Bonchev–Trinajstić information content (AvgIpc) is 3.06. The van der Waals surface area contributed by atoms with E-state index in [0.29, 0.717) is 30.0 Å². The molecule has 6 atom stereocenters. The molecular weight excluding hydrogens is 651 g/mol. The second-order valence-corrected chi connectivity index (χ2v) is 13.1. The van der Waals surface area contributed by atoms with E-state index in [1.807, 2.05) is 12.1 Å². The summed E-state index contributed by atoms with van der Waals surface area (Å²) in [6.07, 6.45) is -0.384. The fourth-order valence-corrected chi connectivity index (χ4v) is 5.43. The molecule has 0 unspecified atom stereocenters. The van der Waals surface area contributed by atoms with Crippen molar-refractivity contribution in [2.24, 2.45) is 23.3 Å². The monoisotopic (exact) mass is 700 g/mol. The fraction of sp³-hybridized carbons (Fsp3) is 0.514. The Morgan fingerprint density at radius 3 is 1.88 bits per heavy atom. The first kappa shape index (κ1) is 41.7. The number of aliphatic hydroxyl groups excluding tert-OH is 1. The highest BCUT2D eigenvalue weighted by Gasteiger charge is 2.33. The highest BCUT2D eigenvalue weighted by atomic mass is 35.5. The molecule has 0 aliphatic heterocycles. The van der Waals surface area contributed by atoms with Gasteiger partial charge in [-0.3, -0.25) is 24.0 Å². The van der Waals surface area contributed by atoms with Crippen molar-refractivity contribution in [1.29, 1.82) is 0 Å². The standard InChI is InChI=1S/C35H50BClN4O8/c1-21(34(46)40-29(6-4-5-16-38)31(44)19-22(2)36(48)49)18-32(45)33(23(3)42)41-35(47)27(15-17-39)20-30(43)26-9-7-24(8-10-26)25-11-13-28(37)14-12-25/h7-14,21-23,27,29,33,42,48-49H,4-6,15-20,38-39H2,1-3H3,(H,40,46)(H,41,47)/t21-,22-,23-,27-,29+,33+/m1/s1. The summed E-state index contributed by atoms with van der Waals surface area (Å²) in [6.45, 7) is 4.83. The smallest absolute Gasteiger partial charge is 0.427 e. The maximum Gasteiger partial charge on any atom is 0.454 e. The van der Waals surface area contributed by atoms with Crippen LogP contribution in [-0.2, 0) is 19.2 Å². The summed E-state index contributed by atoms with van der Waals surface area (Å²) < 4.78 is 0. The van der Waals surface area contributed by atoms with Crippen LogP contribution in [0.3, 0.4) is 0 Å². The van der Waals surface area contributed by atoms with Crippen molar-refractivity contribution >= 4 is 47.9 Å². The quantitative estimate of drug-likeness (QED) is 0.0540. The van der Waals surface area contributed by atoms with Gasteiger partial charge in [0.15, 0.2) is 17.3 Å². The molecule has 0 radical (unpaired) electrons. The van der Waals surface area contributed by atoms with Gasteiger partial charge in [-0.2, -0.15) is 0 Å². The first-order valence-electron chi connectivity index (χ1n) is 16.7. The van der Waals surface area contributed by atoms with Crippen LogP contribution in [0.25, 0.3) is 11.1 Å². The number of benzene rings is 2. The highest BCUT2D eigenvalue weighted by Crippen LogP contribution is 2.23. The van der Waals surface area contributed by atoms with E-state index in [1.165, 1.54) is 20.8 Å². The molecule has 14 heteroatoms. The predicted molar refractivity (Wildman–Crippen MR) is 189 cm³/mol. The molecule has 0 spiro atoms. The third-order valence-corrected chi connectivity index (χ3v) is 8.72. The van der Waals surface area contributed by atoms with Gasteiger partial charge < -0.3 is 37.3 Å². The number of nitrogens with one attached hydrogen (secondary N) is 2. The van der Waals surface area contributed by atoms with Crippen LogP contribution in [0.4, 0.5) is 0 Å². The summed E-state index contributed by atoms with van der Waals surface area (Å²) in [5.74, 6) is -5.02. The van der Waals surface area contributed by atoms with Crippen LogP contribution < -0.4 is 22.1 Å². The average molecular weight is 701 g/mol. The van der Waals surface area contributed by atoms with E-state index < -0.39 is 60.6 Å². The lowest BCUT2D eigenvalue weighted by molar-refractivity contribution is -0.135. The Bertz CT molecular complexity index is 1390. The van der Waals surface area contributed by atoms with Gasteiger partial charge in [0.05, 0.1) is 12.1 Å². The Morgan fingerprint density at radius 1 is 0.755 bits per heavy atom.